The molecule has 0 radical (unpaired) electrons. The zero-order chi connectivity index (χ0) is 22.0. The van der Waals surface area contributed by atoms with E-state index in [1.807, 2.05) is 17.0 Å². The highest BCUT2D eigenvalue weighted by Gasteiger charge is 2.47. The highest BCUT2D eigenvalue weighted by molar-refractivity contribution is 7.99. The number of benzene rings is 1. The van der Waals surface area contributed by atoms with Gasteiger partial charge in [0.05, 0.1) is 6.61 Å². The van der Waals surface area contributed by atoms with Gasteiger partial charge in [-0.2, -0.15) is 5.10 Å². The molecule has 4 rings (SSSR count). The van der Waals surface area contributed by atoms with Crippen LogP contribution in [0, 0.1) is 0 Å². The maximum atomic E-state index is 13.2. The predicted octanol–water partition coefficient (Wildman–Crippen LogP) is 1.76. The van der Waals surface area contributed by atoms with E-state index in [2.05, 4.69) is 15.1 Å². The molecule has 2 aliphatic rings. The molecule has 1 saturated carbocycles. The van der Waals surface area contributed by atoms with E-state index >= 15 is 0 Å². The third kappa shape index (κ3) is 4.90. The molecule has 0 spiro atoms. The summed E-state index contributed by atoms with van der Waals surface area (Å²) in [5.41, 5.74) is 2.46. The van der Waals surface area contributed by atoms with Gasteiger partial charge in [-0.1, -0.05) is 35.7 Å². The van der Waals surface area contributed by atoms with Crippen LogP contribution in [-0.2, 0) is 20.0 Å². The van der Waals surface area contributed by atoms with Gasteiger partial charge < -0.3 is 15.3 Å². The Morgan fingerprint density at radius 1 is 1.32 bits per heavy atom. The van der Waals surface area contributed by atoms with E-state index in [0.717, 1.165) is 18.4 Å². The topological polar surface area (TPSA) is 99.5 Å². The lowest BCUT2D eigenvalue weighted by molar-refractivity contribution is 0.0725. The van der Waals surface area contributed by atoms with Crippen LogP contribution in [0.3, 0.4) is 0 Å². The Morgan fingerprint density at radius 3 is 2.74 bits per heavy atom. The fraction of sp³-hybridized carbons (Fsp3) is 0.476. The van der Waals surface area contributed by atoms with E-state index in [1.165, 1.54) is 4.68 Å². The number of aliphatic hydroxyl groups excluding tert-OH is 1. The summed E-state index contributed by atoms with van der Waals surface area (Å²) in [5.74, 6) is -0.363. The van der Waals surface area contributed by atoms with Crippen LogP contribution in [-0.4, -0.2) is 62.6 Å². The second kappa shape index (κ2) is 9.20. The van der Waals surface area contributed by atoms with E-state index in [-0.39, 0.29) is 23.2 Å². The maximum absolute atomic E-state index is 13.2. The van der Waals surface area contributed by atoms with Crippen molar-refractivity contribution in [1.82, 2.24) is 24.7 Å². The summed E-state index contributed by atoms with van der Waals surface area (Å²) in [6.07, 6.45) is 2.68. The van der Waals surface area contributed by atoms with Gasteiger partial charge in [0.15, 0.2) is 5.69 Å². The number of amides is 2. The summed E-state index contributed by atoms with van der Waals surface area (Å²) >= 11 is 7.51. The van der Waals surface area contributed by atoms with Gasteiger partial charge in [0.2, 0.25) is 0 Å². The van der Waals surface area contributed by atoms with Gasteiger partial charge in [-0.15, -0.1) is 0 Å². The number of nitrogens with zero attached hydrogens (tertiary/aromatic N) is 3. The molecule has 1 aliphatic carbocycles. The Morgan fingerprint density at radius 2 is 2.06 bits per heavy atom. The zero-order valence-electron chi connectivity index (χ0n) is 17.4. The van der Waals surface area contributed by atoms with Gasteiger partial charge in [-0.25, -0.2) is 0 Å². The number of aryl methyl sites for hydroxylation is 1. The van der Waals surface area contributed by atoms with Crippen LogP contribution < -0.4 is 10.0 Å². The SMILES string of the molecule is Cn1nc(C(=O)NCc2ccc(Cl)cc2)c2c1C(=O)N(CC1(SNCCO)CC1)CC2. The van der Waals surface area contributed by atoms with Gasteiger partial charge in [-0.05, 0) is 37.0 Å². The van der Waals surface area contributed by atoms with E-state index in [0.29, 0.717) is 54.6 Å². The third-order valence-electron chi connectivity index (χ3n) is 5.64. The van der Waals surface area contributed by atoms with Crippen molar-refractivity contribution in [3.8, 4) is 0 Å². The van der Waals surface area contributed by atoms with Gasteiger partial charge in [-0.3, -0.25) is 19.0 Å². The second-order valence-corrected chi connectivity index (χ2v) is 9.78. The van der Waals surface area contributed by atoms with Gasteiger partial charge >= 0.3 is 0 Å². The van der Waals surface area contributed by atoms with Crippen molar-refractivity contribution in [2.45, 2.75) is 30.6 Å². The molecule has 10 heteroatoms. The fourth-order valence-electron chi connectivity index (χ4n) is 3.80. The first-order valence-electron chi connectivity index (χ1n) is 10.3. The first kappa shape index (κ1) is 22.1. The van der Waals surface area contributed by atoms with Crippen molar-refractivity contribution >= 4 is 35.4 Å². The molecule has 0 saturated heterocycles. The average Bonchev–Trinajstić information content (AvgIpc) is 3.43. The molecule has 8 nitrogen and oxygen atoms in total. The lowest BCUT2D eigenvalue weighted by atomic mass is 10.0. The number of hydrogen-bond donors (Lipinski definition) is 3. The molecule has 1 aromatic carbocycles. The predicted molar refractivity (Wildman–Crippen MR) is 120 cm³/mol. The van der Waals surface area contributed by atoms with E-state index in [4.69, 9.17) is 16.7 Å². The number of fused-ring (bicyclic) bond motifs is 1. The molecular formula is C21H26ClN5O3S. The van der Waals surface area contributed by atoms with Crippen molar-refractivity contribution in [2.24, 2.45) is 7.05 Å². The minimum atomic E-state index is -0.282. The smallest absolute Gasteiger partial charge is 0.272 e. The first-order valence-corrected chi connectivity index (χ1v) is 11.5. The summed E-state index contributed by atoms with van der Waals surface area (Å²) in [6, 6.07) is 7.28. The average molecular weight is 464 g/mol. The standard InChI is InChI=1S/C21H26ClN5O3S/c1-26-18-16(17(25-26)19(29)23-12-14-2-4-15(22)5-3-14)6-10-27(20(18)30)13-21(7-8-21)31-24-9-11-28/h2-5,24,28H,6-13H2,1H3,(H,23,29). The number of hydrogen-bond acceptors (Lipinski definition) is 6. The van der Waals surface area contributed by atoms with E-state index in [1.54, 1.807) is 31.1 Å². The number of carbonyl (C=O) groups is 2. The van der Waals surface area contributed by atoms with Crippen LogP contribution in [0.1, 0.15) is 44.9 Å². The minimum absolute atomic E-state index is 0.0136. The zero-order valence-corrected chi connectivity index (χ0v) is 18.9. The van der Waals surface area contributed by atoms with Crippen LogP contribution in [0.5, 0.6) is 0 Å². The quantitative estimate of drug-likeness (QED) is 0.387. The summed E-state index contributed by atoms with van der Waals surface area (Å²) in [4.78, 5) is 27.8. The molecule has 31 heavy (non-hydrogen) atoms. The Bertz CT molecular complexity index is 974. The first-order chi connectivity index (χ1) is 14.9. The van der Waals surface area contributed by atoms with Gasteiger partial charge in [0, 0.05) is 48.6 Å². The van der Waals surface area contributed by atoms with Crippen molar-refractivity contribution in [3.05, 3.63) is 51.8 Å². The van der Waals surface area contributed by atoms with Crippen molar-refractivity contribution in [3.63, 3.8) is 0 Å². The fourth-order valence-corrected chi connectivity index (χ4v) is 4.95. The molecule has 1 fully saturated rings. The molecule has 2 amide bonds. The lowest BCUT2D eigenvalue weighted by Gasteiger charge is -2.30. The van der Waals surface area contributed by atoms with Crippen LogP contribution in [0.25, 0.3) is 0 Å². The van der Waals surface area contributed by atoms with Crippen LogP contribution >= 0.6 is 23.5 Å². The Hall–Kier alpha value is -2.07. The summed E-state index contributed by atoms with van der Waals surface area (Å²) in [7, 11) is 1.71. The molecule has 2 heterocycles. The van der Waals surface area contributed by atoms with E-state index < -0.39 is 0 Å². The minimum Gasteiger partial charge on any atom is -0.395 e. The molecule has 0 bridgehead atoms. The second-order valence-electron chi connectivity index (χ2n) is 7.99. The molecule has 1 aliphatic heterocycles. The Labute approximate surface area is 190 Å². The highest BCUT2D eigenvalue weighted by atomic mass is 35.5. The molecule has 3 N–H and O–H groups in total. The van der Waals surface area contributed by atoms with Crippen molar-refractivity contribution < 1.29 is 14.7 Å². The third-order valence-corrected chi connectivity index (χ3v) is 7.21. The van der Waals surface area contributed by atoms with Crippen LogP contribution in [0.15, 0.2) is 24.3 Å². The normalized spacial score (nSPS) is 16.9. The molecular weight excluding hydrogens is 438 g/mol. The number of carbonyl (C=O) groups excluding carboxylic acids is 2. The number of rotatable bonds is 9. The molecule has 0 atom stereocenters. The largest absolute Gasteiger partial charge is 0.395 e. The Kier molecular flexibility index (Phi) is 6.57. The summed E-state index contributed by atoms with van der Waals surface area (Å²) < 4.78 is 4.71. The summed E-state index contributed by atoms with van der Waals surface area (Å²) in [6.45, 7) is 2.20. The van der Waals surface area contributed by atoms with Crippen LogP contribution in [0.4, 0.5) is 0 Å². The molecule has 1 aromatic heterocycles. The van der Waals surface area contributed by atoms with Crippen molar-refractivity contribution in [2.75, 3.05) is 26.2 Å². The molecule has 2 aromatic rings. The summed E-state index contributed by atoms with van der Waals surface area (Å²) in [5, 5.41) is 16.9. The molecule has 0 unspecified atom stereocenters. The number of aliphatic hydroxyl groups is 1. The molecule has 166 valence electrons. The van der Waals surface area contributed by atoms with Gasteiger partial charge in [0.25, 0.3) is 11.8 Å². The number of nitrogens with one attached hydrogen (secondary N) is 2. The number of halogens is 1. The monoisotopic (exact) mass is 463 g/mol. The van der Waals surface area contributed by atoms with E-state index in [9.17, 15) is 9.59 Å². The van der Waals surface area contributed by atoms with Crippen LogP contribution in [0.2, 0.25) is 5.02 Å². The Balaban J connectivity index is 1.42. The van der Waals surface area contributed by atoms with Crippen molar-refractivity contribution in [1.29, 1.82) is 0 Å². The maximum Gasteiger partial charge on any atom is 0.272 e. The highest BCUT2D eigenvalue weighted by Crippen LogP contribution is 2.48. The van der Waals surface area contributed by atoms with Gasteiger partial charge in [0.1, 0.15) is 5.69 Å². The lowest BCUT2D eigenvalue weighted by Crippen LogP contribution is -2.43. The number of aromatic nitrogens is 2.